The third-order valence-electron chi connectivity index (χ3n) is 3.93. The molecule has 1 aliphatic heterocycles. The summed E-state index contributed by atoms with van der Waals surface area (Å²) in [5.74, 6) is 0.612. The van der Waals surface area contributed by atoms with Crippen LogP contribution in [-0.2, 0) is 9.53 Å². The standard InChI is InChI=1S/C18H22N4O4S2/c1-2-25-13-7-5-12(6-8-13)16(24)20-17-21-22-18(28-17)27-11-15(23)19-10-14-4-3-9-26-14/h5-8,14H,2-4,9-11H2,1H3,(H,19,23)(H,20,21,24)/t14-/m1/s1. The topological polar surface area (TPSA) is 102 Å². The number of anilines is 1. The first-order valence-corrected chi connectivity index (χ1v) is 10.8. The molecule has 0 spiro atoms. The van der Waals surface area contributed by atoms with Crippen LogP contribution in [0.3, 0.4) is 0 Å². The van der Waals surface area contributed by atoms with Gasteiger partial charge in [-0.1, -0.05) is 23.1 Å². The summed E-state index contributed by atoms with van der Waals surface area (Å²) in [6.45, 7) is 3.78. The van der Waals surface area contributed by atoms with E-state index in [1.165, 1.54) is 23.1 Å². The molecule has 150 valence electrons. The van der Waals surface area contributed by atoms with Gasteiger partial charge in [0.15, 0.2) is 4.34 Å². The van der Waals surface area contributed by atoms with E-state index in [-0.39, 0.29) is 23.7 Å². The van der Waals surface area contributed by atoms with E-state index in [2.05, 4.69) is 20.8 Å². The zero-order chi connectivity index (χ0) is 19.8. The van der Waals surface area contributed by atoms with Gasteiger partial charge in [-0.2, -0.15) is 0 Å². The lowest BCUT2D eigenvalue weighted by Gasteiger charge is -2.09. The highest BCUT2D eigenvalue weighted by Gasteiger charge is 2.17. The molecule has 1 fully saturated rings. The molecule has 2 amide bonds. The van der Waals surface area contributed by atoms with Crippen molar-refractivity contribution in [3.63, 3.8) is 0 Å². The second-order valence-electron chi connectivity index (χ2n) is 6.01. The van der Waals surface area contributed by atoms with Crippen LogP contribution < -0.4 is 15.4 Å². The molecule has 1 aliphatic rings. The molecule has 0 aliphatic carbocycles. The number of thioether (sulfide) groups is 1. The Bertz CT molecular complexity index is 791. The van der Waals surface area contributed by atoms with Gasteiger partial charge in [0.1, 0.15) is 5.75 Å². The van der Waals surface area contributed by atoms with Crippen molar-refractivity contribution in [3.8, 4) is 5.75 Å². The van der Waals surface area contributed by atoms with Gasteiger partial charge in [-0.25, -0.2) is 0 Å². The molecule has 1 saturated heterocycles. The molecular formula is C18H22N4O4S2. The van der Waals surface area contributed by atoms with Crippen LogP contribution in [0, 0.1) is 0 Å². The Morgan fingerprint density at radius 3 is 2.86 bits per heavy atom. The van der Waals surface area contributed by atoms with E-state index in [0.717, 1.165) is 19.4 Å². The first kappa shape index (κ1) is 20.6. The van der Waals surface area contributed by atoms with Crippen LogP contribution >= 0.6 is 23.1 Å². The second-order valence-corrected chi connectivity index (χ2v) is 8.21. The first-order chi connectivity index (χ1) is 13.6. The molecule has 1 atom stereocenters. The molecule has 10 heteroatoms. The van der Waals surface area contributed by atoms with Gasteiger partial charge in [0, 0.05) is 18.7 Å². The predicted molar refractivity (Wildman–Crippen MR) is 108 cm³/mol. The number of carbonyl (C=O) groups excluding carboxylic acids is 2. The van der Waals surface area contributed by atoms with Gasteiger partial charge in [-0.15, -0.1) is 10.2 Å². The van der Waals surface area contributed by atoms with Crippen molar-refractivity contribution in [1.82, 2.24) is 15.5 Å². The summed E-state index contributed by atoms with van der Waals surface area (Å²) in [5, 5.41) is 13.9. The van der Waals surface area contributed by atoms with Crippen LogP contribution in [0.2, 0.25) is 0 Å². The average Bonchev–Trinajstić information content (AvgIpc) is 3.37. The summed E-state index contributed by atoms with van der Waals surface area (Å²) in [4.78, 5) is 24.2. The van der Waals surface area contributed by atoms with Gasteiger partial charge >= 0.3 is 0 Å². The fourth-order valence-corrected chi connectivity index (χ4v) is 4.15. The summed E-state index contributed by atoms with van der Waals surface area (Å²) in [6.07, 6.45) is 2.16. The first-order valence-electron chi connectivity index (χ1n) is 9.03. The molecule has 0 unspecified atom stereocenters. The highest BCUT2D eigenvalue weighted by Crippen LogP contribution is 2.25. The van der Waals surface area contributed by atoms with Crippen molar-refractivity contribution >= 4 is 40.0 Å². The number of nitrogens with one attached hydrogen (secondary N) is 2. The van der Waals surface area contributed by atoms with Crippen LogP contribution in [0.1, 0.15) is 30.1 Å². The van der Waals surface area contributed by atoms with Gasteiger partial charge in [0.2, 0.25) is 11.0 Å². The quantitative estimate of drug-likeness (QED) is 0.473. The maximum absolute atomic E-state index is 12.3. The smallest absolute Gasteiger partial charge is 0.257 e. The predicted octanol–water partition coefficient (Wildman–Crippen LogP) is 2.58. The SMILES string of the molecule is CCOc1ccc(C(=O)Nc2nnc(SCC(=O)NC[C@H]3CCCO3)s2)cc1. The number of amides is 2. The summed E-state index contributed by atoms with van der Waals surface area (Å²) >= 11 is 2.52. The van der Waals surface area contributed by atoms with E-state index in [0.29, 0.717) is 33.9 Å². The number of carbonyl (C=O) groups is 2. The van der Waals surface area contributed by atoms with Crippen LogP contribution in [0.4, 0.5) is 5.13 Å². The largest absolute Gasteiger partial charge is 0.494 e. The fraction of sp³-hybridized carbons (Fsp3) is 0.444. The van der Waals surface area contributed by atoms with E-state index in [1.54, 1.807) is 24.3 Å². The number of aromatic nitrogens is 2. The van der Waals surface area contributed by atoms with Crippen LogP contribution in [0.5, 0.6) is 5.75 Å². The highest BCUT2D eigenvalue weighted by atomic mass is 32.2. The summed E-state index contributed by atoms with van der Waals surface area (Å²) in [7, 11) is 0. The van der Waals surface area contributed by atoms with E-state index in [1.807, 2.05) is 6.92 Å². The van der Waals surface area contributed by atoms with Gasteiger partial charge in [0.05, 0.1) is 18.5 Å². The zero-order valence-electron chi connectivity index (χ0n) is 15.5. The maximum atomic E-state index is 12.3. The van der Waals surface area contributed by atoms with Crippen molar-refractivity contribution in [2.45, 2.75) is 30.2 Å². The molecule has 1 aromatic heterocycles. The number of rotatable bonds is 9. The van der Waals surface area contributed by atoms with Crippen molar-refractivity contribution in [3.05, 3.63) is 29.8 Å². The Balaban J connectivity index is 1.42. The molecule has 0 bridgehead atoms. The van der Waals surface area contributed by atoms with Crippen molar-refractivity contribution < 1.29 is 19.1 Å². The fourth-order valence-electron chi connectivity index (χ4n) is 2.57. The third kappa shape index (κ3) is 6.18. The normalized spacial score (nSPS) is 16.0. The molecule has 3 rings (SSSR count). The van der Waals surface area contributed by atoms with Crippen LogP contribution in [0.25, 0.3) is 0 Å². The summed E-state index contributed by atoms with van der Waals surface area (Å²) in [6, 6.07) is 6.87. The van der Waals surface area contributed by atoms with Gasteiger partial charge < -0.3 is 14.8 Å². The number of nitrogens with zero attached hydrogens (tertiary/aromatic N) is 2. The van der Waals surface area contributed by atoms with Gasteiger partial charge in [-0.05, 0) is 44.0 Å². The van der Waals surface area contributed by atoms with Crippen molar-refractivity contribution in [2.24, 2.45) is 0 Å². The minimum atomic E-state index is -0.273. The number of benzene rings is 1. The molecule has 28 heavy (non-hydrogen) atoms. The molecular weight excluding hydrogens is 400 g/mol. The lowest BCUT2D eigenvalue weighted by atomic mass is 10.2. The molecule has 1 aromatic carbocycles. The Labute approximate surface area is 171 Å². The maximum Gasteiger partial charge on any atom is 0.257 e. The second kappa shape index (κ2) is 10.4. The lowest BCUT2D eigenvalue weighted by molar-refractivity contribution is -0.119. The molecule has 2 aromatic rings. The Morgan fingerprint density at radius 2 is 2.14 bits per heavy atom. The average molecular weight is 423 g/mol. The van der Waals surface area contributed by atoms with Gasteiger partial charge in [-0.3, -0.25) is 14.9 Å². The van der Waals surface area contributed by atoms with Crippen molar-refractivity contribution in [2.75, 3.05) is 30.8 Å². The van der Waals surface area contributed by atoms with E-state index >= 15 is 0 Å². The monoisotopic (exact) mass is 422 g/mol. The minimum Gasteiger partial charge on any atom is -0.494 e. The Kier molecular flexibility index (Phi) is 7.63. The highest BCUT2D eigenvalue weighted by molar-refractivity contribution is 8.01. The number of hydrogen-bond donors (Lipinski definition) is 2. The molecule has 0 saturated carbocycles. The minimum absolute atomic E-state index is 0.0735. The Morgan fingerprint density at radius 1 is 1.32 bits per heavy atom. The molecule has 2 heterocycles. The van der Waals surface area contributed by atoms with E-state index in [9.17, 15) is 9.59 Å². The number of hydrogen-bond acceptors (Lipinski definition) is 8. The zero-order valence-corrected chi connectivity index (χ0v) is 17.1. The van der Waals surface area contributed by atoms with E-state index in [4.69, 9.17) is 9.47 Å². The molecule has 0 radical (unpaired) electrons. The van der Waals surface area contributed by atoms with Crippen LogP contribution in [-0.4, -0.2) is 53.6 Å². The summed E-state index contributed by atoms with van der Waals surface area (Å²) in [5.41, 5.74) is 0.501. The Hall–Kier alpha value is -2.17. The van der Waals surface area contributed by atoms with Gasteiger partial charge in [0.25, 0.3) is 5.91 Å². The lowest BCUT2D eigenvalue weighted by Crippen LogP contribution is -2.32. The molecule has 2 N–H and O–H groups in total. The van der Waals surface area contributed by atoms with Crippen molar-refractivity contribution in [1.29, 1.82) is 0 Å². The molecule has 8 nitrogen and oxygen atoms in total. The number of ether oxygens (including phenoxy) is 2. The third-order valence-corrected chi connectivity index (χ3v) is 5.90. The summed E-state index contributed by atoms with van der Waals surface area (Å²) < 4.78 is 11.5. The van der Waals surface area contributed by atoms with Crippen LogP contribution in [0.15, 0.2) is 28.6 Å². The van der Waals surface area contributed by atoms with E-state index < -0.39 is 0 Å².